The second-order valence-electron chi connectivity index (χ2n) is 7.14. The molecular weight excluding hydrogens is 406 g/mol. The Morgan fingerprint density at radius 1 is 1.30 bits per heavy atom. The number of aromatic nitrogens is 2. The van der Waals surface area contributed by atoms with Gasteiger partial charge in [-0.05, 0) is 37.8 Å². The van der Waals surface area contributed by atoms with Crippen molar-refractivity contribution in [1.82, 2.24) is 15.1 Å². The van der Waals surface area contributed by atoms with Crippen LogP contribution in [0.4, 0.5) is 0 Å². The van der Waals surface area contributed by atoms with Crippen LogP contribution >= 0.6 is 11.6 Å². The Morgan fingerprint density at radius 3 is 2.90 bits per heavy atom. The number of halogens is 1. The lowest BCUT2D eigenvalue weighted by atomic mass is 10.1. The zero-order valence-electron chi connectivity index (χ0n) is 17.3. The van der Waals surface area contributed by atoms with Crippen LogP contribution in [0.1, 0.15) is 58.3 Å². The van der Waals surface area contributed by atoms with E-state index in [4.69, 9.17) is 21.1 Å². The maximum absolute atomic E-state index is 12.7. The molecule has 0 saturated heterocycles. The molecule has 0 aliphatic carbocycles. The molecule has 0 spiro atoms. The summed E-state index contributed by atoms with van der Waals surface area (Å²) in [6, 6.07) is 6.82. The number of hydrogen-bond donors (Lipinski definition) is 1. The van der Waals surface area contributed by atoms with E-state index in [1.165, 1.54) is 0 Å². The number of nitrogens with one attached hydrogen (secondary N) is 1. The average Bonchev–Trinajstić information content (AvgIpc) is 3.08. The number of nitrogens with zero attached hydrogens (tertiary/aromatic N) is 2. The summed E-state index contributed by atoms with van der Waals surface area (Å²) >= 11 is 6.04. The molecule has 0 unspecified atom stereocenters. The predicted octanol–water partition coefficient (Wildman–Crippen LogP) is 3.43. The van der Waals surface area contributed by atoms with Crippen molar-refractivity contribution in [2.45, 2.75) is 45.6 Å². The summed E-state index contributed by atoms with van der Waals surface area (Å²) in [4.78, 5) is 24.9. The van der Waals surface area contributed by atoms with Crippen molar-refractivity contribution < 1.29 is 19.1 Å². The smallest absolute Gasteiger partial charge is 0.339 e. The van der Waals surface area contributed by atoms with Gasteiger partial charge in [-0.3, -0.25) is 9.48 Å². The molecule has 3 rings (SSSR count). The van der Waals surface area contributed by atoms with Crippen LogP contribution < -0.4 is 5.32 Å². The van der Waals surface area contributed by atoms with Gasteiger partial charge in [0.15, 0.2) is 0 Å². The van der Waals surface area contributed by atoms with Crippen LogP contribution in [-0.4, -0.2) is 48.0 Å². The lowest BCUT2D eigenvalue weighted by Gasteiger charge is -2.10. The van der Waals surface area contributed by atoms with E-state index in [0.29, 0.717) is 55.3 Å². The van der Waals surface area contributed by atoms with Crippen molar-refractivity contribution in [2.24, 2.45) is 0 Å². The van der Waals surface area contributed by atoms with Crippen LogP contribution in [0.15, 0.2) is 24.3 Å². The van der Waals surface area contributed by atoms with Gasteiger partial charge in [0.05, 0.1) is 34.1 Å². The molecule has 0 fully saturated rings. The summed E-state index contributed by atoms with van der Waals surface area (Å²) < 4.78 is 12.9. The predicted molar refractivity (Wildman–Crippen MR) is 114 cm³/mol. The van der Waals surface area contributed by atoms with E-state index in [1.54, 1.807) is 24.3 Å². The maximum Gasteiger partial charge on any atom is 0.339 e. The summed E-state index contributed by atoms with van der Waals surface area (Å²) in [7, 11) is 0. The molecule has 1 amide bonds. The topological polar surface area (TPSA) is 82.5 Å². The molecule has 1 aliphatic rings. The van der Waals surface area contributed by atoms with Gasteiger partial charge in [0.1, 0.15) is 0 Å². The van der Waals surface area contributed by atoms with E-state index < -0.39 is 5.97 Å². The van der Waals surface area contributed by atoms with Crippen LogP contribution in [-0.2, 0) is 28.9 Å². The number of aryl methyl sites for hydroxylation is 2. The van der Waals surface area contributed by atoms with Gasteiger partial charge in [-0.15, -0.1) is 0 Å². The van der Waals surface area contributed by atoms with Crippen molar-refractivity contribution in [3.63, 3.8) is 0 Å². The van der Waals surface area contributed by atoms with Gasteiger partial charge in [0.25, 0.3) is 5.91 Å². The first-order valence-corrected chi connectivity index (χ1v) is 10.9. The summed E-state index contributed by atoms with van der Waals surface area (Å²) in [6.07, 6.45) is 3.62. The van der Waals surface area contributed by atoms with Gasteiger partial charge in [-0.25, -0.2) is 4.79 Å². The number of ether oxygens (including phenoxy) is 2. The Hall–Kier alpha value is -2.38. The monoisotopic (exact) mass is 433 g/mol. The SMILES string of the molecule is CCc1nn(CCCOC(=O)c2ccccc2Cl)c2c1C(=O)NCCCOCCC2. The molecule has 7 nitrogen and oxygen atoms in total. The van der Waals surface area contributed by atoms with Crippen molar-refractivity contribution >= 4 is 23.5 Å². The average molecular weight is 434 g/mol. The maximum atomic E-state index is 12.7. The zero-order chi connectivity index (χ0) is 21.3. The van der Waals surface area contributed by atoms with Crippen molar-refractivity contribution in [3.8, 4) is 0 Å². The van der Waals surface area contributed by atoms with Gasteiger partial charge in [0, 0.05) is 32.7 Å². The number of esters is 1. The van der Waals surface area contributed by atoms with Gasteiger partial charge in [-0.1, -0.05) is 30.7 Å². The fraction of sp³-hybridized carbons (Fsp3) is 0.500. The molecule has 0 atom stereocenters. The fourth-order valence-electron chi connectivity index (χ4n) is 3.49. The Morgan fingerprint density at radius 2 is 2.10 bits per heavy atom. The van der Waals surface area contributed by atoms with E-state index in [9.17, 15) is 9.59 Å². The Bertz CT molecular complexity index is 881. The molecule has 30 heavy (non-hydrogen) atoms. The minimum Gasteiger partial charge on any atom is -0.462 e. The Labute approximate surface area is 181 Å². The molecule has 2 heterocycles. The number of carbonyl (C=O) groups is 2. The van der Waals surface area contributed by atoms with Gasteiger partial charge < -0.3 is 14.8 Å². The number of rotatable bonds is 6. The normalized spacial score (nSPS) is 15.1. The largest absolute Gasteiger partial charge is 0.462 e. The highest BCUT2D eigenvalue weighted by atomic mass is 35.5. The molecular formula is C22H28ClN3O4. The van der Waals surface area contributed by atoms with E-state index in [1.807, 2.05) is 11.6 Å². The van der Waals surface area contributed by atoms with Crippen molar-refractivity contribution in [2.75, 3.05) is 26.4 Å². The fourth-order valence-corrected chi connectivity index (χ4v) is 3.71. The number of carbonyl (C=O) groups excluding carboxylic acids is 2. The number of amides is 1. The quantitative estimate of drug-likeness (QED) is 0.557. The van der Waals surface area contributed by atoms with Crippen LogP contribution in [0, 0.1) is 0 Å². The summed E-state index contributed by atoms with van der Waals surface area (Å²) in [6.45, 7) is 4.71. The first kappa shape index (κ1) is 22.3. The van der Waals surface area contributed by atoms with E-state index in [0.717, 1.165) is 30.7 Å². The third kappa shape index (κ3) is 5.61. The molecule has 0 radical (unpaired) electrons. The summed E-state index contributed by atoms with van der Waals surface area (Å²) in [5, 5.41) is 8.02. The van der Waals surface area contributed by atoms with Gasteiger partial charge in [0.2, 0.25) is 0 Å². The molecule has 1 aromatic heterocycles. The molecule has 1 aromatic carbocycles. The Kier molecular flexibility index (Phi) is 8.28. The van der Waals surface area contributed by atoms with E-state index in [-0.39, 0.29) is 12.5 Å². The highest BCUT2D eigenvalue weighted by Gasteiger charge is 2.23. The minimum absolute atomic E-state index is 0.0693. The van der Waals surface area contributed by atoms with E-state index in [2.05, 4.69) is 10.4 Å². The molecule has 8 heteroatoms. The summed E-state index contributed by atoms with van der Waals surface area (Å²) in [5.41, 5.74) is 2.77. The molecule has 0 bridgehead atoms. The molecule has 1 aliphatic heterocycles. The third-order valence-corrected chi connectivity index (χ3v) is 5.32. The number of benzene rings is 1. The molecule has 1 N–H and O–H groups in total. The minimum atomic E-state index is -0.439. The van der Waals surface area contributed by atoms with Crippen LogP contribution in [0.25, 0.3) is 0 Å². The highest BCUT2D eigenvalue weighted by Crippen LogP contribution is 2.19. The van der Waals surface area contributed by atoms with Gasteiger partial charge in [-0.2, -0.15) is 5.10 Å². The standard InChI is InChI=1S/C22H28ClN3O4/c1-2-18-20-19(10-5-13-29-14-6-11-24-21(20)27)26(25-18)12-7-15-30-22(28)16-8-3-4-9-17(16)23/h3-4,8-9H,2,5-7,10-15H2,1H3,(H,24,27). The Balaban J connectivity index is 1.66. The van der Waals surface area contributed by atoms with Crippen molar-refractivity contribution in [3.05, 3.63) is 51.8 Å². The van der Waals surface area contributed by atoms with Gasteiger partial charge >= 0.3 is 5.97 Å². The second-order valence-corrected chi connectivity index (χ2v) is 7.55. The molecule has 162 valence electrons. The van der Waals surface area contributed by atoms with Crippen LogP contribution in [0.2, 0.25) is 5.02 Å². The molecule has 2 aromatic rings. The zero-order valence-corrected chi connectivity index (χ0v) is 18.0. The highest BCUT2D eigenvalue weighted by molar-refractivity contribution is 6.33. The van der Waals surface area contributed by atoms with E-state index >= 15 is 0 Å². The summed E-state index contributed by atoms with van der Waals surface area (Å²) in [5.74, 6) is -0.508. The van der Waals surface area contributed by atoms with Crippen LogP contribution in [0.5, 0.6) is 0 Å². The number of hydrogen-bond acceptors (Lipinski definition) is 5. The first-order chi connectivity index (χ1) is 14.6. The third-order valence-electron chi connectivity index (χ3n) is 4.99. The second kappa shape index (κ2) is 11.1. The van der Waals surface area contributed by atoms with Crippen LogP contribution in [0.3, 0.4) is 0 Å². The first-order valence-electron chi connectivity index (χ1n) is 10.5. The molecule has 0 saturated carbocycles. The number of fused-ring (bicyclic) bond motifs is 1. The van der Waals surface area contributed by atoms with Crippen molar-refractivity contribution in [1.29, 1.82) is 0 Å². The lowest BCUT2D eigenvalue weighted by molar-refractivity contribution is 0.0494. The lowest BCUT2D eigenvalue weighted by Crippen LogP contribution is -2.26.